The number of allylic oxidation sites excluding steroid dienone is 1. The zero-order valence-corrected chi connectivity index (χ0v) is 13.0. The predicted octanol–water partition coefficient (Wildman–Crippen LogP) is 3.76. The van der Waals surface area contributed by atoms with Gasteiger partial charge in [0.15, 0.2) is 0 Å². The van der Waals surface area contributed by atoms with Crippen LogP contribution in [0, 0.1) is 5.92 Å². The van der Waals surface area contributed by atoms with E-state index in [4.69, 9.17) is 12.2 Å². The summed E-state index contributed by atoms with van der Waals surface area (Å²) in [5.41, 5.74) is 3.39. The molecule has 1 aromatic carbocycles. The van der Waals surface area contributed by atoms with Gasteiger partial charge in [-0.25, -0.2) is 0 Å². The molecular formula is C15H17NOS2. The van der Waals surface area contributed by atoms with E-state index < -0.39 is 0 Å². The first kappa shape index (κ1) is 14.3. The molecule has 1 aromatic rings. The fourth-order valence-electron chi connectivity index (χ4n) is 2.05. The maximum Gasteiger partial charge on any atom is 0.263 e. The van der Waals surface area contributed by atoms with Crippen LogP contribution in [-0.2, 0) is 11.2 Å². The van der Waals surface area contributed by atoms with Crippen molar-refractivity contribution in [3.63, 3.8) is 0 Å². The zero-order valence-electron chi connectivity index (χ0n) is 11.3. The second kappa shape index (κ2) is 5.88. The molecule has 2 rings (SSSR count). The number of carbonyl (C=O) groups excluding carboxylic acids is 1. The molecule has 100 valence electrons. The molecule has 1 heterocycles. The number of hydrogen-bond donors (Lipinski definition) is 1. The summed E-state index contributed by atoms with van der Waals surface area (Å²) in [6.45, 7) is 6.39. The third-order valence-corrected chi connectivity index (χ3v) is 4.32. The number of amides is 1. The number of carbonyl (C=O) groups is 1. The van der Waals surface area contributed by atoms with E-state index in [1.165, 1.54) is 17.3 Å². The molecule has 0 unspecified atom stereocenters. The standard InChI is InChI=1S/C15H17NOS2/c1-9(2)8-11-4-6-12(7-5-11)10(3)13-14(17)16-15(18)19-13/h4-7,9H,8H2,1-3H3,(H,16,17,18). The highest BCUT2D eigenvalue weighted by molar-refractivity contribution is 8.26. The van der Waals surface area contributed by atoms with Crippen molar-refractivity contribution in [2.24, 2.45) is 5.92 Å². The van der Waals surface area contributed by atoms with Crippen LogP contribution in [0.15, 0.2) is 29.2 Å². The number of hydrogen-bond acceptors (Lipinski definition) is 3. The molecule has 0 radical (unpaired) electrons. The van der Waals surface area contributed by atoms with Gasteiger partial charge in [-0.1, -0.05) is 62.1 Å². The van der Waals surface area contributed by atoms with Gasteiger partial charge in [0.2, 0.25) is 0 Å². The molecule has 0 atom stereocenters. The van der Waals surface area contributed by atoms with Gasteiger partial charge >= 0.3 is 0 Å². The third kappa shape index (κ3) is 3.45. The van der Waals surface area contributed by atoms with Crippen molar-refractivity contribution in [2.45, 2.75) is 27.2 Å². The van der Waals surface area contributed by atoms with Crippen LogP contribution in [0.5, 0.6) is 0 Å². The average Bonchev–Trinajstić information content (AvgIpc) is 2.68. The van der Waals surface area contributed by atoms with Gasteiger partial charge in [-0.15, -0.1) is 0 Å². The SMILES string of the molecule is CC(=C1SC(=S)NC1=O)c1ccc(CC(C)C)cc1. The van der Waals surface area contributed by atoms with E-state index in [0.29, 0.717) is 15.1 Å². The van der Waals surface area contributed by atoms with Crippen LogP contribution in [0.3, 0.4) is 0 Å². The topological polar surface area (TPSA) is 29.1 Å². The van der Waals surface area contributed by atoms with Crippen LogP contribution in [0.25, 0.3) is 5.57 Å². The van der Waals surface area contributed by atoms with Crippen LogP contribution in [0.4, 0.5) is 0 Å². The number of thiocarbonyl (C=S) groups is 1. The van der Waals surface area contributed by atoms with Crippen LogP contribution < -0.4 is 5.32 Å². The summed E-state index contributed by atoms with van der Waals surface area (Å²) in [5.74, 6) is 0.567. The second-order valence-corrected chi connectivity index (χ2v) is 6.78. The van der Waals surface area contributed by atoms with E-state index >= 15 is 0 Å². The predicted molar refractivity (Wildman–Crippen MR) is 85.9 cm³/mol. The van der Waals surface area contributed by atoms with E-state index in [1.54, 1.807) is 0 Å². The lowest BCUT2D eigenvalue weighted by molar-refractivity contribution is -0.115. The first-order chi connectivity index (χ1) is 8.97. The van der Waals surface area contributed by atoms with E-state index in [1.807, 2.05) is 6.92 Å². The normalized spacial score (nSPS) is 17.9. The highest BCUT2D eigenvalue weighted by atomic mass is 32.2. The van der Waals surface area contributed by atoms with Gasteiger partial charge < -0.3 is 5.32 Å². The molecule has 0 bridgehead atoms. The molecule has 4 heteroatoms. The van der Waals surface area contributed by atoms with Gasteiger partial charge in [0.1, 0.15) is 4.32 Å². The second-order valence-electron chi connectivity index (χ2n) is 5.09. The molecule has 1 N–H and O–H groups in total. The van der Waals surface area contributed by atoms with Crippen molar-refractivity contribution in [2.75, 3.05) is 0 Å². The van der Waals surface area contributed by atoms with Gasteiger partial charge in [-0.3, -0.25) is 4.79 Å². The lowest BCUT2D eigenvalue weighted by atomic mass is 9.99. The highest BCUT2D eigenvalue weighted by Crippen LogP contribution is 2.31. The molecule has 0 saturated carbocycles. The van der Waals surface area contributed by atoms with E-state index in [2.05, 4.69) is 43.4 Å². The Labute approximate surface area is 123 Å². The van der Waals surface area contributed by atoms with E-state index in [-0.39, 0.29) is 5.91 Å². The zero-order chi connectivity index (χ0) is 14.0. The Bertz CT molecular complexity index is 544. The van der Waals surface area contributed by atoms with Crippen LogP contribution >= 0.6 is 24.0 Å². The lowest BCUT2D eigenvalue weighted by Crippen LogP contribution is -2.18. The number of rotatable bonds is 3. The Hall–Kier alpha value is -1.13. The van der Waals surface area contributed by atoms with Crippen LogP contribution in [-0.4, -0.2) is 10.2 Å². The number of nitrogens with one attached hydrogen (secondary N) is 1. The quantitative estimate of drug-likeness (QED) is 0.679. The van der Waals surface area contributed by atoms with Gasteiger partial charge in [-0.05, 0) is 36.0 Å². The Morgan fingerprint density at radius 3 is 2.42 bits per heavy atom. The molecule has 1 fully saturated rings. The molecule has 2 nitrogen and oxygen atoms in total. The summed E-state index contributed by atoms with van der Waals surface area (Å²) in [5, 5.41) is 2.65. The Balaban J connectivity index is 2.25. The van der Waals surface area contributed by atoms with Crippen molar-refractivity contribution in [3.05, 3.63) is 40.3 Å². The van der Waals surface area contributed by atoms with Crippen molar-refractivity contribution < 1.29 is 4.79 Å². The minimum Gasteiger partial charge on any atom is -0.307 e. The molecule has 19 heavy (non-hydrogen) atoms. The molecule has 0 aromatic heterocycles. The fourth-order valence-corrected chi connectivity index (χ4v) is 3.14. The molecule has 0 aliphatic carbocycles. The van der Waals surface area contributed by atoms with Crippen LogP contribution in [0.1, 0.15) is 31.9 Å². The molecule has 1 aliphatic rings. The van der Waals surface area contributed by atoms with E-state index in [9.17, 15) is 4.79 Å². The van der Waals surface area contributed by atoms with Crippen molar-refractivity contribution in [1.82, 2.24) is 5.32 Å². The summed E-state index contributed by atoms with van der Waals surface area (Å²) in [6, 6.07) is 8.43. The van der Waals surface area contributed by atoms with Gasteiger partial charge in [0, 0.05) is 0 Å². The summed E-state index contributed by atoms with van der Waals surface area (Å²) in [7, 11) is 0. The summed E-state index contributed by atoms with van der Waals surface area (Å²) in [4.78, 5) is 12.4. The van der Waals surface area contributed by atoms with Crippen LogP contribution in [0.2, 0.25) is 0 Å². The number of thioether (sulfide) groups is 1. The summed E-state index contributed by atoms with van der Waals surface area (Å²) < 4.78 is 0.538. The Kier molecular flexibility index (Phi) is 4.42. The van der Waals surface area contributed by atoms with E-state index in [0.717, 1.165) is 17.6 Å². The molecule has 1 saturated heterocycles. The van der Waals surface area contributed by atoms with Gasteiger partial charge in [0.25, 0.3) is 5.91 Å². The molecule has 1 aliphatic heterocycles. The monoisotopic (exact) mass is 291 g/mol. The smallest absolute Gasteiger partial charge is 0.263 e. The maximum atomic E-state index is 11.7. The van der Waals surface area contributed by atoms with Crippen molar-refractivity contribution >= 4 is 39.8 Å². The first-order valence-corrected chi connectivity index (χ1v) is 7.53. The van der Waals surface area contributed by atoms with Crippen molar-refractivity contribution in [1.29, 1.82) is 0 Å². The Morgan fingerprint density at radius 1 is 1.32 bits per heavy atom. The van der Waals surface area contributed by atoms with Gasteiger partial charge in [0.05, 0.1) is 4.91 Å². The number of benzene rings is 1. The maximum absolute atomic E-state index is 11.7. The average molecular weight is 291 g/mol. The first-order valence-electron chi connectivity index (χ1n) is 6.30. The third-order valence-electron chi connectivity index (χ3n) is 2.99. The minimum atomic E-state index is -0.0845. The Morgan fingerprint density at radius 2 is 1.95 bits per heavy atom. The molecular weight excluding hydrogens is 274 g/mol. The summed E-state index contributed by atoms with van der Waals surface area (Å²) in [6.07, 6.45) is 1.08. The highest BCUT2D eigenvalue weighted by Gasteiger charge is 2.24. The lowest BCUT2D eigenvalue weighted by Gasteiger charge is -2.08. The fraction of sp³-hybridized carbons (Fsp3) is 0.333. The molecule has 0 spiro atoms. The van der Waals surface area contributed by atoms with Crippen molar-refractivity contribution in [3.8, 4) is 0 Å². The summed E-state index contributed by atoms with van der Waals surface area (Å²) >= 11 is 6.35. The van der Waals surface area contributed by atoms with Gasteiger partial charge in [-0.2, -0.15) is 0 Å². The largest absolute Gasteiger partial charge is 0.307 e. The molecule has 1 amide bonds. The minimum absolute atomic E-state index is 0.0845.